The summed E-state index contributed by atoms with van der Waals surface area (Å²) in [7, 11) is -3.91. The standard InChI is InChI=1S/C9H10N4O3S/c1-6-4-9(12-11-6)13-17(15,16)8-5-10-3-2-7(8)14/h2-5H,1H3,(H,10,14)(H2,11,12,13). The monoisotopic (exact) mass is 254 g/mol. The molecular weight excluding hydrogens is 244 g/mol. The number of nitrogens with one attached hydrogen (secondary N) is 3. The van der Waals surface area contributed by atoms with E-state index < -0.39 is 15.5 Å². The lowest BCUT2D eigenvalue weighted by Crippen LogP contribution is -2.21. The van der Waals surface area contributed by atoms with Crippen LogP contribution in [0.5, 0.6) is 0 Å². The molecule has 2 aromatic heterocycles. The van der Waals surface area contributed by atoms with E-state index in [9.17, 15) is 13.2 Å². The molecule has 0 aliphatic heterocycles. The molecule has 0 atom stereocenters. The summed E-state index contributed by atoms with van der Waals surface area (Å²) < 4.78 is 25.9. The van der Waals surface area contributed by atoms with Gasteiger partial charge in [0, 0.05) is 30.2 Å². The van der Waals surface area contributed by atoms with Crippen LogP contribution in [0.2, 0.25) is 0 Å². The van der Waals surface area contributed by atoms with E-state index in [1.54, 1.807) is 6.92 Å². The minimum Gasteiger partial charge on any atom is -0.366 e. The number of pyridine rings is 1. The summed E-state index contributed by atoms with van der Waals surface area (Å²) >= 11 is 0. The van der Waals surface area contributed by atoms with Gasteiger partial charge in [-0.2, -0.15) is 5.10 Å². The normalized spacial score (nSPS) is 11.4. The Morgan fingerprint density at radius 2 is 2.18 bits per heavy atom. The van der Waals surface area contributed by atoms with Crippen molar-refractivity contribution in [1.29, 1.82) is 0 Å². The van der Waals surface area contributed by atoms with Crippen molar-refractivity contribution in [3.05, 3.63) is 40.4 Å². The van der Waals surface area contributed by atoms with Gasteiger partial charge in [-0.25, -0.2) is 8.42 Å². The number of aromatic amines is 2. The fourth-order valence-corrected chi connectivity index (χ4v) is 2.32. The van der Waals surface area contributed by atoms with Crippen molar-refractivity contribution in [3.63, 3.8) is 0 Å². The smallest absolute Gasteiger partial charge is 0.268 e. The molecule has 0 radical (unpaired) electrons. The van der Waals surface area contributed by atoms with Crippen LogP contribution in [0.1, 0.15) is 5.69 Å². The molecule has 0 saturated carbocycles. The van der Waals surface area contributed by atoms with E-state index in [0.29, 0.717) is 5.69 Å². The number of H-pyrrole nitrogens is 2. The molecule has 2 heterocycles. The molecular formula is C9H10N4O3S. The van der Waals surface area contributed by atoms with Gasteiger partial charge in [0.1, 0.15) is 0 Å². The van der Waals surface area contributed by atoms with Gasteiger partial charge in [-0.05, 0) is 6.92 Å². The number of hydrogen-bond donors (Lipinski definition) is 3. The van der Waals surface area contributed by atoms with Crippen LogP contribution in [-0.4, -0.2) is 23.6 Å². The van der Waals surface area contributed by atoms with E-state index in [4.69, 9.17) is 0 Å². The maximum atomic E-state index is 11.8. The summed E-state index contributed by atoms with van der Waals surface area (Å²) in [6.45, 7) is 1.74. The van der Waals surface area contributed by atoms with Crippen molar-refractivity contribution in [2.75, 3.05) is 4.72 Å². The van der Waals surface area contributed by atoms with E-state index in [0.717, 1.165) is 12.3 Å². The van der Waals surface area contributed by atoms with Gasteiger partial charge in [0.05, 0.1) is 0 Å². The Morgan fingerprint density at radius 3 is 2.76 bits per heavy atom. The largest absolute Gasteiger partial charge is 0.366 e. The Kier molecular flexibility index (Phi) is 2.72. The third-order valence-corrected chi connectivity index (χ3v) is 3.40. The summed E-state index contributed by atoms with van der Waals surface area (Å²) in [5.41, 5.74) is 0.133. The van der Waals surface area contributed by atoms with Crippen LogP contribution in [-0.2, 0) is 10.0 Å². The highest BCUT2D eigenvalue weighted by Gasteiger charge is 2.18. The van der Waals surface area contributed by atoms with Crippen molar-refractivity contribution >= 4 is 15.8 Å². The fraction of sp³-hybridized carbons (Fsp3) is 0.111. The van der Waals surface area contributed by atoms with Gasteiger partial charge in [-0.1, -0.05) is 0 Å². The highest BCUT2D eigenvalue weighted by atomic mass is 32.2. The molecule has 2 aromatic rings. The first kappa shape index (κ1) is 11.4. The first-order valence-electron chi connectivity index (χ1n) is 4.71. The third-order valence-electron chi connectivity index (χ3n) is 2.02. The molecule has 0 unspecified atom stereocenters. The first-order valence-corrected chi connectivity index (χ1v) is 6.19. The lowest BCUT2D eigenvalue weighted by molar-refractivity contribution is 0.600. The van der Waals surface area contributed by atoms with Gasteiger partial charge in [-0.3, -0.25) is 14.6 Å². The van der Waals surface area contributed by atoms with Gasteiger partial charge in [-0.15, -0.1) is 0 Å². The molecule has 17 heavy (non-hydrogen) atoms. The minimum atomic E-state index is -3.91. The maximum absolute atomic E-state index is 11.8. The SMILES string of the molecule is Cc1cc(NS(=O)(=O)c2c[nH]ccc2=O)n[nH]1. The third kappa shape index (κ3) is 2.36. The number of aromatic nitrogens is 3. The van der Waals surface area contributed by atoms with Crippen molar-refractivity contribution in [1.82, 2.24) is 15.2 Å². The molecule has 7 nitrogen and oxygen atoms in total. The molecule has 0 fully saturated rings. The maximum Gasteiger partial charge on any atom is 0.268 e. The van der Waals surface area contributed by atoms with Gasteiger partial charge >= 0.3 is 0 Å². The highest BCUT2D eigenvalue weighted by molar-refractivity contribution is 7.92. The molecule has 90 valence electrons. The zero-order valence-electron chi connectivity index (χ0n) is 8.89. The first-order chi connectivity index (χ1) is 7.99. The van der Waals surface area contributed by atoms with E-state index in [1.165, 1.54) is 12.3 Å². The summed E-state index contributed by atoms with van der Waals surface area (Å²) in [5, 5.41) is 6.32. The van der Waals surface area contributed by atoms with E-state index in [-0.39, 0.29) is 10.7 Å². The van der Waals surface area contributed by atoms with Crippen LogP contribution in [0, 0.1) is 6.92 Å². The zero-order valence-corrected chi connectivity index (χ0v) is 9.71. The predicted octanol–water partition coefficient (Wildman–Crippen LogP) is 0.207. The van der Waals surface area contributed by atoms with Crippen molar-refractivity contribution in [3.8, 4) is 0 Å². The highest BCUT2D eigenvalue weighted by Crippen LogP contribution is 2.10. The molecule has 0 spiro atoms. The van der Waals surface area contributed by atoms with Gasteiger partial charge < -0.3 is 4.98 Å². The number of rotatable bonds is 3. The Bertz CT molecular complexity index is 686. The van der Waals surface area contributed by atoms with Gasteiger partial charge in [0.15, 0.2) is 10.7 Å². The number of anilines is 1. The lowest BCUT2D eigenvalue weighted by Gasteiger charge is -2.03. The summed E-state index contributed by atoms with van der Waals surface area (Å²) in [6.07, 6.45) is 2.49. The van der Waals surface area contributed by atoms with E-state index in [2.05, 4.69) is 19.9 Å². The predicted molar refractivity (Wildman–Crippen MR) is 61.2 cm³/mol. The number of nitrogens with zero attached hydrogens (tertiary/aromatic N) is 1. The molecule has 0 aliphatic carbocycles. The van der Waals surface area contributed by atoms with Crippen molar-refractivity contribution in [2.45, 2.75) is 11.8 Å². The number of sulfonamides is 1. The van der Waals surface area contributed by atoms with Crippen LogP contribution >= 0.6 is 0 Å². The number of aryl methyl sites for hydroxylation is 1. The second kappa shape index (κ2) is 4.06. The number of hydrogen-bond acceptors (Lipinski definition) is 4. The molecule has 0 bridgehead atoms. The summed E-state index contributed by atoms with van der Waals surface area (Å²) in [5.74, 6) is 0.144. The molecule has 3 N–H and O–H groups in total. The molecule has 0 aromatic carbocycles. The molecule has 0 amide bonds. The van der Waals surface area contributed by atoms with Crippen LogP contribution < -0.4 is 10.2 Å². The Hall–Kier alpha value is -2.09. The Balaban J connectivity index is 2.38. The van der Waals surface area contributed by atoms with Gasteiger partial charge in [0.2, 0.25) is 5.43 Å². The topological polar surface area (TPSA) is 108 Å². The molecule has 0 saturated heterocycles. The molecule has 2 rings (SSSR count). The second-order valence-corrected chi connectivity index (χ2v) is 5.07. The summed E-state index contributed by atoms with van der Waals surface area (Å²) in [4.78, 5) is 13.6. The quantitative estimate of drug-likeness (QED) is 0.727. The minimum absolute atomic E-state index is 0.144. The Morgan fingerprint density at radius 1 is 1.41 bits per heavy atom. The summed E-state index contributed by atoms with van der Waals surface area (Å²) in [6, 6.07) is 2.67. The van der Waals surface area contributed by atoms with E-state index >= 15 is 0 Å². The average Bonchev–Trinajstić information content (AvgIpc) is 2.63. The zero-order chi connectivity index (χ0) is 12.5. The molecule has 8 heteroatoms. The molecule has 0 aliphatic rings. The van der Waals surface area contributed by atoms with Gasteiger partial charge in [0.25, 0.3) is 10.0 Å². The van der Waals surface area contributed by atoms with E-state index in [1.807, 2.05) is 0 Å². The van der Waals surface area contributed by atoms with Crippen LogP contribution in [0.4, 0.5) is 5.82 Å². The van der Waals surface area contributed by atoms with Crippen LogP contribution in [0.15, 0.2) is 34.2 Å². The van der Waals surface area contributed by atoms with Crippen molar-refractivity contribution < 1.29 is 8.42 Å². The fourth-order valence-electron chi connectivity index (χ4n) is 1.27. The lowest BCUT2D eigenvalue weighted by atomic mass is 10.5. The average molecular weight is 254 g/mol. The Labute approximate surface area is 96.9 Å². The second-order valence-electron chi connectivity index (χ2n) is 3.41. The van der Waals surface area contributed by atoms with Crippen molar-refractivity contribution in [2.24, 2.45) is 0 Å². The van der Waals surface area contributed by atoms with Crippen LogP contribution in [0.3, 0.4) is 0 Å². The van der Waals surface area contributed by atoms with Crippen LogP contribution in [0.25, 0.3) is 0 Å².